The Hall–Kier alpha value is -0.0800. The lowest BCUT2D eigenvalue weighted by atomic mass is 10.2. The van der Waals surface area contributed by atoms with E-state index in [1.54, 1.807) is 0 Å². The highest BCUT2D eigenvalue weighted by molar-refractivity contribution is 4.64. The highest BCUT2D eigenvalue weighted by atomic mass is 16.7. The summed E-state index contributed by atoms with van der Waals surface area (Å²) in [6.07, 6.45) is 0.711. The van der Waals surface area contributed by atoms with Crippen LogP contribution in [0.3, 0.4) is 0 Å². The first-order valence-electron chi connectivity index (χ1n) is 2.88. The van der Waals surface area contributed by atoms with E-state index in [2.05, 4.69) is 6.92 Å². The lowest BCUT2D eigenvalue weighted by Crippen LogP contribution is -2.22. The topological polar surface area (TPSA) is 18.5 Å². The third kappa shape index (κ3) is 1.46. The van der Waals surface area contributed by atoms with Crippen molar-refractivity contribution in [3.8, 4) is 0 Å². The number of rotatable bonds is 0. The predicted molar refractivity (Wildman–Crippen MR) is 30.0 cm³/mol. The van der Waals surface area contributed by atoms with Crippen molar-refractivity contribution in [1.82, 2.24) is 0 Å². The average Bonchev–Trinajstić information content (AvgIpc) is 1.77. The zero-order valence-electron chi connectivity index (χ0n) is 5.31. The Morgan fingerprint density at radius 1 is 1.38 bits per heavy atom. The average molecular weight is 115 g/mol. The summed E-state index contributed by atoms with van der Waals surface area (Å²) in [6.45, 7) is 5.57. The summed E-state index contributed by atoms with van der Waals surface area (Å²) in [4.78, 5) is 0. The van der Waals surface area contributed by atoms with Gasteiger partial charge in [-0.3, -0.25) is 0 Å². The molecule has 0 aromatic heterocycles. The summed E-state index contributed by atoms with van der Waals surface area (Å²) in [5.74, 6) is 0.554. The molecule has 1 rings (SSSR count). The van der Waals surface area contributed by atoms with E-state index in [1.807, 2.05) is 6.92 Å². The molecule has 1 saturated heterocycles. The Bertz CT molecular complexity index is 54.9. The van der Waals surface area contributed by atoms with Crippen molar-refractivity contribution < 1.29 is 9.47 Å². The standard InChI is InChI=1S/C6H11O2/c1-5-3-7-6(2)8-4-5/h5H,3-4H2,1-2H3. The van der Waals surface area contributed by atoms with Crippen LogP contribution in [0.2, 0.25) is 0 Å². The first kappa shape index (κ1) is 6.05. The van der Waals surface area contributed by atoms with Gasteiger partial charge >= 0.3 is 0 Å². The SMILES string of the molecule is C[C]1OCC(C)CO1. The second-order valence-electron chi connectivity index (χ2n) is 2.22. The van der Waals surface area contributed by atoms with Gasteiger partial charge in [-0.1, -0.05) is 6.92 Å². The van der Waals surface area contributed by atoms with E-state index in [0.717, 1.165) is 13.2 Å². The smallest absolute Gasteiger partial charge is 0.220 e. The summed E-state index contributed by atoms with van der Waals surface area (Å²) in [5.41, 5.74) is 0. The van der Waals surface area contributed by atoms with E-state index in [4.69, 9.17) is 9.47 Å². The normalized spacial score (nSPS) is 26.2. The predicted octanol–water partition coefficient (Wildman–Crippen LogP) is 1.18. The number of hydrogen-bond acceptors (Lipinski definition) is 2. The molecule has 0 aromatic rings. The van der Waals surface area contributed by atoms with E-state index < -0.39 is 0 Å². The van der Waals surface area contributed by atoms with Crippen LogP contribution in [0.5, 0.6) is 0 Å². The van der Waals surface area contributed by atoms with E-state index in [9.17, 15) is 0 Å². The molecule has 1 aliphatic rings. The van der Waals surface area contributed by atoms with E-state index in [-0.39, 0.29) is 0 Å². The van der Waals surface area contributed by atoms with Crippen molar-refractivity contribution >= 4 is 0 Å². The molecular weight excluding hydrogens is 104 g/mol. The fourth-order valence-corrected chi connectivity index (χ4v) is 0.609. The molecule has 8 heavy (non-hydrogen) atoms. The molecule has 2 nitrogen and oxygen atoms in total. The number of hydrogen-bond donors (Lipinski definition) is 0. The first-order valence-corrected chi connectivity index (χ1v) is 2.88. The Morgan fingerprint density at radius 2 is 1.88 bits per heavy atom. The van der Waals surface area contributed by atoms with Gasteiger partial charge in [-0.25, -0.2) is 0 Å². The third-order valence-corrected chi connectivity index (χ3v) is 1.14. The van der Waals surface area contributed by atoms with Crippen LogP contribution < -0.4 is 0 Å². The highest BCUT2D eigenvalue weighted by Crippen LogP contribution is 2.13. The minimum atomic E-state index is 0.554. The minimum absolute atomic E-state index is 0.554. The fraction of sp³-hybridized carbons (Fsp3) is 0.833. The molecule has 0 saturated carbocycles. The van der Waals surface area contributed by atoms with Crippen molar-refractivity contribution in [2.75, 3.05) is 13.2 Å². The molecule has 0 amide bonds. The van der Waals surface area contributed by atoms with Gasteiger partial charge in [-0.2, -0.15) is 0 Å². The van der Waals surface area contributed by atoms with Gasteiger partial charge < -0.3 is 9.47 Å². The zero-order chi connectivity index (χ0) is 5.98. The largest absolute Gasteiger partial charge is 0.345 e. The van der Waals surface area contributed by atoms with E-state index in [0.29, 0.717) is 12.2 Å². The summed E-state index contributed by atoms with van der Waals surface area (Å²) in [5, 5.41) is 0. The third-order valence-electron chi connectivity index (χ3n) is 1.14. The van der Waals surface area contributed by atoms with Gasteiger partial charge in [-0.15, -0.1) is 0 Å². The molecule has 0 N–H and O–H groups in total. The molecule has 1 heterocycles. The van der Waals surface area contributed by atoms with E-state index >= 15 is 0 Å². The van der Waals surface area contributed by atoms with Crippen LogP contribution in [0.4, 0.5) is 0 Å². The van der Waals surface area contributed by atoms with Gasteiger partial charge in [0.05, 0.1) is 13.2 Å². The summed E-state index contributed by atoms with van der Waals surface area (Å²) in [7, 11) is 0. The van der Waals surface area contributed by atoms with Gasteiger partial charge in [0, 0.05) is 5.92 Å². The van der Waals surface area contributed by atoms with Crippen LogP contribution in [-0.4, -0.2) is 13.2 Å². The second kappa shape index (κ2) is 2.46. The van der Waals surface area contributed by atoms with Crippen molar-refractivity contribution in [3.63, 3.8) is 0 Å². The Morgan fingerprint density at radius 3 is 2.25 bits per heavy atom. The summed E-state index contributed by atoms with van der Waals surface area (Å²) in [6, 6.07) is 0. The van der Waals surface area contributed by atoms with Gasteiger partial charge in [0.15, 0.2) is 0 Å². The molecule has 2 heteroatoms. The molecule has 0 spiro atoms. The van der Waals surface area contributed by atoms with Crippen molar-refractivity contribution in [3.05, 3.63) is 6.29 Å². The maximum absolute atomic E-state index is 5.08. The summed E-state index contributed by atoms with van der Waals surface area (Å²) >= 11 is 0. The molecule has 0 bridgehead atoms. The fourth-order valence-electron chi connectivity index (χ4n) is 0.609. The van der Waals surface area contributed by atoms with Crippen molar-refractivity contribution in [2.24, 2.45) is 5.92 Å². The molecule has 0 aromatic carbocycles. The van der Waals surface area contributed by atoms with Gasteiger partial charge in [0.25, 0.3) is 0 Å². The van der Waals surface area contributed by atoms with Crippen LogP contribution in [0.25, 0.3) is 0 Å². The highest BCUT2D eigenvalue weighted by Gasteiger charge is 2.15. The van der Waals surface area contributed by atoms with Crippen LogP contribution >= 0.6 is 0 Å². The molecule has 0 aliphatic carbocycles. The molecule has 1 radical (unpaired) electrons. The van der Waals surface area contributed by atoms with Crippen LogP contribution in [-0.2, 0) is 9.47 Å². The molecule has 0 unspecified atom stereocenters. The van der Waals surface area contributed by atoms with E-state index in [1.165, 1.54) is 0 Å². The van der Waals surface area contributed by atoms with Gasteiger partial charge in [-0.05, 0) is 6.92 Å². The van der Waals surface area contributed by atoms with Crippen LogP contribution in [0.15, 0.2) is 0 Å². The van der Waals surface area contributed by atoms with Gasteiger partial charge in [0.2, 0.25) is 6.29 Å². The lowest BCUT2D eigenvalue weighted by molar-refractivity contribution is -0.106. The molecule has 1 aliphatic heterocycles. The van der Waals surface area contributed by atoms with Crippen LogP contribution in [0.1, 0.15) is 13.8 Å². The Labute approximate surface area is 49.8 Å². The quantitative estimate of drug-likeness (QED) is 0.472. The second-order valence-corrected chi connectivity index (χ2v) is 2.22. The monoisotopic (exact) mass is 115 g/mol. The Balaban J connectivity index is 2.19. The minimum Gasteiger partial charge on any atom is -0.345 e. The van der Waals surface area contributed by atoms with Crippen molar-refractivity contribution in [1.29, 1.82) is 0 Å². The lowest BCUT2D eigenvalue weighted by Gasteiger charge is -2.22. The maximum Gasteiger partial charge on any atom is 0.220 e. The molecular formula is C6H11O2. The maximum atomic E-state index is 5.08. The zero-order valence-corrected chi connectivity index (χ0v) is 5.31. The Kier molecular flexibility index (Phi) is 1.86. The molecule has 0 atom stereocenters. The first-order chi connectivity index (χ1) is 3.79. The van der Waals surface area contributed by atoms with Gasteiger partial charge in [0.1, 0.15) is 0 Å². The van der Waals surface area contributed by atoms with Crippen LogP contribution in [0, 0.1) is 12.2 Å². The number of ether oxygens (including phenoxy) is 2. The summed E-state index contributed by atoms with van der Waals surface area (Å²) < 4.78 is 10.2. The molecule has 47 valence electrons. The van der Waals surface area contributed by atoms with Crippen molar-refractivity contribution in [2.45, 2.75) is 13.8 Å². The molecule has 1 fully saturated rings.